The first kappa shape index (κ1) is 21.8. The van der Waals surface area contributed by atoms with Crippen LogP contribution >= 0.6 is 34.8 Å². The van der Waals surface area contributed by atoms with E-state index in [4.69, 9.17) is 34.8 Å². The Kier molecular flexibility index (Phi) is 6.98. The molecule has 0 aliphatic rings. The summed E-state index contributed by atoms with van der Waals surface area (Å²) in [6.07, 6.45) is 0. The standard InChI is InChI=1S/C21H16Cl3NO3S/c22-18-12-19(23)20(11-17(18)21(24)26)29(27,28)25(13-15-7-3-1-4-8-15)14-16-9-5-2-6-10-16/h1-12H,13-14H2. The molecule has 4 nitrogen and oxygen atoms in total. The molecule has 0 unspecified atom stereocenters. The number of benzene rings is 3. The van der Waals surface area contributed by atoms with E-state index in [1.54, 1.807) is 0 Å². The predicted octanol–water partition coefficient (Wildman–Crippen LogP) is 5.76. The Morgan fingerprint density at radius 2 is 1.28 bits per heavy atom. The molecule has 0 N–H and O–H groups in total. The molecule has 0 amide bonds. The predicted molar refractivity (Wildman–Crippen MR) is 116 cm³/mol. The highest BCUT2D eigenvalue weighted by Crippen LogP contribution is 2.32. The molecule has 0 fully saturated rings. The van der Waals surface area contributed by atoms with Crippen LogP contribution < -0.4 is 0 Å². The van der Waals surface area contributed by atoms with Gasteiger partial charge < -0.3 is 0 Å². The molecular weight excluding hydrogens is 453 g/mol. The first-order chi connectivity index (χ1) is 13.8. The SMILES string of the molecule is O=C(Cl)c1cc(S(=O)(=O)N(Cc2ccccc2)Cc2ccccc2)c(Cl)cc1Cl. The molecule has 3 aromatic rings. The summed E-state index contributed by atoms with van der Waals surface area (Å²) >= 11 is 17.7. The van der Waals surface area contributed by atoms with Crippen molar-refractivity contribution in [2.75, 3.05) is 0 Å². The van der Waals surface area contributed by atoms with Gasteiger partial charge >= 0.3 is 0 Å². The summed E-state index contributed by atoms with van der Waals surface area (Å²) in [7, 11) is -4.07. The van der Waals surface area contributed by atoms with Crippen molar-refractivity contribution in [3.8, 4) is 0 Å². The Bertz CT molecular complexity index is 1080. The number of rotatable bonds is 7. The Hall–Kier alpha value is -1.89. The highest BCUT2D eigenvalue weighted by atomic mass is 35.5. The Labute approximate surface area is 184 Å². The first-order valence-electron chi connectivity index (χ1n) is 8.56. The molecule has 29 heavy (non-hydrogen) atoms. The van der Waals surface area contributed by atoms with Gasteiger partial charge in [-0.2, -0.15) is 4.31 Å². The molecular formula is C21H16Cl3NO3S. The smallest absolute Gasteiger partial charge is 0.253 e. The zero-order chi connectivity index (χ0) is 21.0. The summed E-state index contributed by atoms with van der Waals surface area (Å²) in [4.78, 5) is 11.4. The summed E-state index contributed by atoms with van der Waals surface area (Å²) in [5, 5.41) is -0.949. The van der Waals surface area contributed by atoms with Crippen molar-refractivity contribution in [2.24, 2.45) is 0 Å². The van der Waals surface area contributed by atoms with Gasteiger partial charge in [-0.25, -0.2) is 8.42 Å². The van der Waals surface area contributed by atoms with E-state index in [1.807, 2.05) is 60.7 Å². The average molecular weight is 469 g/mol. The third-order valence-corrected chi connectivity index (χ3v) is 7.03. The Morgan fingerprint density at radius 3 is 1.72 bits per heavy atom. The number of halogens is 3. The normalized spacial score (nSPS) is 11.6. The van der Waals surface area contributed by atoms with Crippen molar-refractivity contribution in [3.63, 3.8) is 0 Å². The molecule has 0 aromatic heterocycles. The van der Waals surface area contributed by atoms with Crippen molar-refractivity contribution in [2.45, 2.75) is 18.0 Å². The van der Waals surface area contributed by atoms with Crippen molar-refractivity contribution in [1.82, 2.24) is 4.31 Å². The van der Waals surface area contributed by atoms with E-state index in [2.05, 4.69) is 0 Å². The van der Waals surface area contributed by atoms with E-state index in [0.717, 1.165) is 17.2 Å². The van der Waals surface area contributed by atoms with Gasteiger partial charge in [0.25, 0.3) is 5.24 Å². The molecule has 150 valence electrons. The quantitative estimate of drug-likeness (QED) is 0.414. The van der Waals surface area contributed by atoms with Gasteiger partial charge in [0, 0.05) is 13.1 Å². The largest absolute Gasteiger partial charge is 0.276 e. The van der Waals surface area contributed by atoms with Crippen LogP contribution in [0.4, 0.5) is 0 Å². The van der Waals surface area contributed by atoms with Crippen LogP contribution in [0, 0.1) is 0 Å². The van der Waals surface area contributed by atoms with Gasteiger partial charge in [-0.05, 0) is 34.9 Å². The lowest BCUT2D eigenvalue weighted by molar-refractivity contribution is 0.108. The second kappa shape index (κ2) is 9.28. The fourth-order valence-corrected chi connectivity index (χ4v) is 5.27. The zero-order valence-corrected chi connectivity index (χ0v) is 18.1. The van der Waals surface area contributed by atoms with Crippen molar-refractivity contribution in [3.05, 3.63) is 99.5 Å². The Balaban J connectivity index is 2.08. The van der Waals surface area contributed by atoms with Crippen LogP contribution in [0.25, 0.3) is 0 Å². The lowest BCUT2D eigenvalue weighted by atomic mass is 10.2. The molecule has 0 aliphatic carbocycles. The summed E-state index contributed by atoms with van der Waals surface area (Å²) in [5.74, 6) is 0. The number of hydrogen-bond donors (Lipinski definition) is 0. The van der Waals surface area contributed by atoms with Gasteiger partial charge in [0.2, 0.25) is 10.0 Å². The minimum atomic E-state index is -4.07. The van der Waals surface area contributed by atoms with Gasteiger partial charge in [-0.15, -0.1) is 0 Å². The number of nitrogens with zero attached hydrogens (tertiary/aromatic N) is 1. The van der Waals surface area contributed by atoms with Crippen LogP contribution in [0.15, 0.2) is 77.7 Å². The molecule has 3 aromatic carbocycles. The lowest BCUT2D eigenvalue weighted by Crippen LogP contribution is -2.30. The monoisotopic (exact) mass is 467 g/mol. The van der Waals surface area contributed by atoms with Gasteiger partial charge in [0.1, 0.15) is 4.90 Å². The molecule has 0 heterocycles. The average Bonchev–Trinajstić information content (AvgIpc) is 2.68. The molecule has 0 atom stereocenters. The van der Waals surface area contributed by atoms with Gasteiger partial charge in [-0.1, -0.05) is 83.9 Å². The number of sulfonamides is 1. The second-order valence-electron chi connectivity index (χ2n) is 6.28. The van der Waals surface area contributed by atoms with Gasteiger partial charge in [0.15, 0.2) is 0 Å². The summed E-state index contributed by atoms with van der Waals surface area (Å²) in [6.45, 7) is 0.252. The summed E-state index contributed by atoms with van der Waals surface area (Å²) < 4.78 is 28.3. The van der Waals surface area contributed by atoms with E-state index in [1.165, 1.54) is 10.4 Å². The minimum Gasteiger partial charge on any atom is -0.276 e. The number of hydrogen-bond acceptors (Lipinski definition) is 3. The molecule has 0 saturated carbocycles. The van der Waals surface area contributed by atoms with E-state index in [0.29, 0.717) is 0 Å². The first-order valence-corrected chi connectivity index (χ1v) is 11.1. The van der Waals surface area contributed by atoms with E-state index >= 15 is 0 Å². The van der Waals surface area contributed by atoms with E-state index in [9.17, 15) is 13.2 Å². The topological polar surface area (TPSA) is 54.5 Å². The van der Waals surface area contributed by atoms with Crippen LogP contribution in [0.2, 0.25) is 10.0 Å². The highest BCUT2D eigenvalue weighted by molar-refractivity contribution is 7.89. The molecule has 8 heteroatoms. The van der Waals surface area contributed by atoms with Crippen LogP contribution in [0.5, 0.6) is 0 Å². The maximum atomic E-state index is 13.5. The summed E-state index contributed by atoms with van der Waals surface area (Å²) in [6, 6.07) is 20.7. The van der Waals surface area contributed by atoms with Crippen molar-refractivity contribution >= 4 is 50.1 Å². The summed E-state index contributed by atoms with van der Waals surface area (Å²) in [5.41, 5.74) is 1.51. The third-order valence-electron chi connectivity index (χ3n) is 4.25. The molecule has 3 rings (SSSR count). The molecule has 0 bridgehead atoms. The second-order valence-corrected chi connectivity index (χ2v) is 9.34. The van der Waals surface area contributed by atoms with Crippen molar-refractivity contribution in [1.29, 1.82) is 0 Å². The zero-order valence-electron chi connectivity index (χ0n) is 15.1. The maximum Gasteiger partial charge on any atom is 0.253 e. The van der Waals surface area contributed by atoms with Crippen LogP contribution in [0.3, 0.4) is 0 Å². The van der Waals surface area contributed by atoms with Gasteiger partial charge in [0.05, 0.1) is 15.6 Å². The van der Waals surface area contributed by atoms with E-state index in [-0.39, 0.29) is 33.6 Å². The molecule has 0 saturated heterocycles. The molecule has 0 aliphatic heterocycles. The van der Waals surface area contributed by atoms with Crippen molar-refractivity contribution < 1.29 is 13.2 Å². The maximum absolute atomic E-state index is 13.5. The lowest BCUT2D eigenvalue weighted by Gasteiger charge is -2.23. The molecule has 0 spiro atoms. The minimum absolute atomic E-state index is 0.00776. The van der Waals surface area contributed by atoms with E-state index < -0.39 is 15.3 Å². The van der Waals surface area contributed by atoms with Crippen LogP contribution in [-0.2, 0) is 23.1 Å². The number of carbonyl (C=O) groups is 1. The number of carbonyl (C=O) groups excluding carboxylic acids is 1. The fourth-order valence-electron chi connectivity index (χ4n) is 2.82. The van der Waals surface area contributed by atoms with Crippen LogP contribution in [0.1, 0.15) is 21.5 Å². The molecule has 0 radical (unpaired) electrons. The van der Waals surface area contributed by atoms with Gasteiger partial charge in [-0.3, -0.25) is 4.79 Å². The third kappa shape index (κ3) is 5.18. The Morgan fingerprint density at radius 1 is 0.793 bits per heavy atom. The highest BCUT2D eigenvalue weighted by Gasteiger charge is 2.29. The van der Waals surface area contributed by atoms with Crippen LogP contribution in [-0.4, -0.2) is 18.0 Å². The fraction of sp³-hybridized carbons (Fsp3) is 0.0952.